The van der Waals surface area contributed by atoms with E-state index < -0.39 is 0 Å². The molecule has 3 amide bonds. The fourth-order valence-corrected chi connectivity index (χ4v) is 3.29. The predicted octanol–water partition coefficient (Wildman–Crippen LogP) is 0.706. The van der Waals surface area contributed by atoms with Crippen LogP contribution in [0.2, 0.25) is 5.02 Å². The number of amides is 3. The molecule has 0 spiro atoms. The summed E-state index contributed by atoms with van der Waals surface area (Å²) in [7, 11) is 1.92. The number of piperidine rings is 1. The van der Waals surface area contributed by atoms with E-state index in [-0.39, 0.29) is 43.1 Å². The highest BCUT2D eigenvalue weighted by Crippen LogP contribution is 2.20. The average molecular weight is 366 g/mol. The van der Waals surface area contributed by atoms with Crippen LogP contribution in [-0.2, 0) is 14.4 Å². The van der Waals surface area contributed by atoms with Gasteiger partial charge < -0.3 is 9.80 Å². The lowest BCUT2D eigenvalue weighted by Gasteiger charge is -2.37. The Morgan fingerprint density at radius 2 is 1.76 bits per heavy atom. The highest BCUT2D eigenvalue weighted by atomic mass is 35.5. The maximum Gasteiger partial charge on any atom is 0.242 e. The van der Waals surface area contributed by atoms with Gasteiger partial charge >= 0.3 is 0 Å². The Morgan fingerprint density at radius 3 is 2.32 bits per heavy atom. The second kappa shape index (κ2) is 7.35. The van der Waals surface area contributed by atoms with E-state index in [0.717, 1.165) is 17.7 Å². The van der Waals surface area contributed by atoms with E-state index in [1.54, 1.807) is 17.3 Å². The van der Waals surface area contributed by atoms with Crippen molar-refractivity contribution in [3.8, 4) is 0 Å². The summed E-state index contributed by atoms with van der Waals surface area (Å²) in [4.78, 5) is 48.8. The van der Waals surface area contributed by atoms with Gasteiger partial charge in [0.1, 0.15) is 6.54 Å². The van der Waals surface area contributed by atoms with Crippen LogP contribution >= 0.6 is 11.6 Å². The molecule has 2 aliphatic rings. The molecule has 1 aromatic rings. The van der Waals surface area contributed by atoms with Crippen LogP contribution in [0.5, 0.6) is 0 Å². The number of halogens is 1. The molecule has 0 saturated carbocycles. The third kappa shape index (κ3) is 3.89. The van der Waals surface area contributed by atoms with Gasteiger partial charge in [0.05, 0.1) is 17.4 Å². The van der Waals surface area contributed by atoms with Crippen LogP contribution < -0.4 is 4.90 Å². The number of likely N-dealkylation sites (tertiary alicyclic amines) is 2. The second-order valence-corrected chi connectivity index (χ2v) is 6.73. The molecule has 0 bridgehead atoms. The van der Waals surface area contributed by atoms with Crippen molar-refractivity contribution in [3.63, 3.8) is 0 Å². The maximum atomic E-state index is 12.4. The van der Waals surface area contributed by atoms with E-state index in [1.165, 1.54) is 0 Å². The molecule has 2 aliphatic heterocycles. The Balaban J connectivity index is 1.52. The van der Waals surface area contributed by atoms with Gasteiger partial charge in [-0.15, -0.1) is 0 Å². The van der Waals surface area contributed by atoms with E-state index in [2.05, 4.69) is 9.97 Å². The first-order chi connectivity index (χ1) is 12.0. The van der Waals surface area contributed by atoms with Gasteiger partial charge in [-0.05, 0) is 12.8 Å². The van der Waals surface area contributed by atoms with Crippen molar-refractivity contribution < 1.29 is 14.4 Å². The minimum Gasteiger partial charge on any atom is -0.341 e. The standard InChI is InChI=1S/C16H20ClN5O3/c1-20(16-18-8-11(17)9-19-16)12-4-6-21(7-5-12)15(25)10-22-13(23)2-3-14(22)24/h8-9,12H,2-7,10H2,1H3. The quantitative estimate of drug-likeness (QED) is 0.730. The largest absolute Gasteiger partial charge is 0.341 e. The molecule has 9 heteroatoms. The Hall–Kier alpha value is -2.22. The van der Waals surface area contributed by atoms with Gasteiger partial charge in [0, 0.05) is 39.0 Å². The summed E-state index contributed by atoms with van der Waals surface area (Å²) in [6, 6.07) is 0.222. The third-order valence-electron chi connectivity index (χ3n) is 4.74. The van der Waals surface area contributed by atoms with Crippen LogP contribution in [0.4, 0.5) is 5.95 Å². The molecule has 134 valence electrons. The van der Waals surface area contributed by atoms with Crippen molar-refractivity contribution in [3.05, 3.63) is 17.4 Å². The Labute approximate surface area is 150 Å². The van der Waals surface area contributed by atoms with Gasteiger partial charge in [-0.2, -0.15) is 0 Å². The number of imide groups is 1. The van der Waals surface area contributed by atoms with Crippen molar-refractivity contribution in [2.75, 3.05) is 31.6 Å². The summed E-state index contributed by atoms with van der Waals surface area (Å²) in [6.45, 7) is 1.02. The van der Waals surface area contributed by atoms with Gasteiger partial charge in [0.2, 0.25) is 23.7 Å². The third-order valence-corrected chi connectivity index (χ3v) is 4.93. The zero-order chi connectivity index (χ0) is 18.0. The fourth-order valence-electron chi connectivity index (χ4n) is 3.19. The summed E-state index contributed by atoms with van der Waals surface area (Å²) in [5, 5.41) is 0.489. The highest BCUT2D eigenvalue weighted by Gasteiger charge is 2.33. The SMILES string of the molecule is CN(c1ncc(Cl)cn1)C1CCN(C(=O)CN2C(=O)CCC2=O)CC1. The Bertz CT molecular complexity index is 657. The first kappa shape index (κ1) is 17.6. The zero-order valence-corrected chi connectivity index (χ0v) is 14.8. The van der Waals surface area contributed by atoms with Gasteiger partial charge in [-0.3, -0.25) is 19.3 Å². The number of carbonyl (C=O) groups is 3. The van der Waals surface area contributed by atoms with Crippen molar-refractivity contribution in [1.82, 2.24) is 19.8 Å². The molecular weight excluding hydrogens is 346 g/mol. The van der Waals surface area contributed by atoms with Crippen molar-refractivity contribution in [2.45, 2.75) is 31.7 Å². The lowest BCUT2D eigenvalue weighted by molar-refractivity contribution is -0.145. The lowest BCUT2D eigenvalue weighted by Crippen LogP contribution is -2.49. The maximum absolute atomic E-state index is 12.4. The van der Waals surface area contributed by atoms with E-state index in [0.29, 0.717) is 24.1 Å². The molecular formula is C16H20ClN5O3. The monoisotopic (exact) mass is 365 g/mol. The molecule has 0 N–H and O–H groups in total. The van der Waals surface area contributed by atoms with Gasteiger partial charge in [0.25, 0.3) is 0 Å². The number of rotatable bonds is 4. The molecule has 8 nitrogen and oxygen atoms in total. The number of carbonyl (C=O) groups excluding carboxylic acids is 3. The highest BCUT2D eigenvalue weighted by molar-refractivity contribution is 6.30. The summed E-state index contributed by atoms with van der Waals surface area (Å²) in [5.74, 6) is -0.0874. The zero-order valence-electron chi connectivity index (χ0n) is 14.0. The molecule has 2 saturated heterocycles. The van der Waals surface area contributed by atoms with Crippen molar-refractivity contribution in [2.24, 2.45) is 0 Å². The smallest absolute Gasteiger partial charge is 0.242 e. The fraction of sp³-hybridized carbons (Fsp3) is 0.562. The molecule has 0 aromatic carbocycles. The molecule has 0 atom stereocenters. The molecule has 0 unspecified atom stereocenters. The van der Waals surface area contributed by atoms with Gasteiger partial charge in [-0.1, -0.05) is 11.6 Å². The topological polar surface area (TPSA) is 86.7 Å². The summed E-state index contributed by atoms with van der Waals surface area (Å²) in [6.07, 6.45) is 5.08. The average Bonchev–Trinajstić information content (AvgIpc) is 2.94. The number of hydrogen-bond acceptors (Lipinski definition) is 6. The van der Waals surface area contributed by atoms with Gasteiger partial charge in [0.15, 0.2) is 0 Å². The van der Waals surface area contributed by atoms with E-state index >= 15 is 0 Å². The molecule has 25 heavy (non-hydrogen) atoms. The summed E-state index contributed by atoms with van der Waals surface area (Å²) >= 11 is 5.81. The Morgan fingerprint density at radius 1 is 1.20 bits per heavy atom. The van der Waals surface area contributed by atoms with E-state index in [9.17, 15) is 14.4 Å². The second-order valence-electron chi connectivity index (χ2n) is 6.30. The molecule has 3 heterocycles. The van der Waals surface area contributed by atoms with Crippen LogP contribution in [0.1, 0.15) is 25.7 Å². The molecule has 3 rings (SSSR count). The van der Waals surface area contributed by atoms with Crippen LogP contribution in [-0.4, -0.2) is 70.2 Å². The molecule has 2 fully saturated rings. The van der Waals surface area contributed by atoms with Crippen LogP contribution in [0.25, 0.3) is 0 Å². The van der Waals surface area contributed by atoms with Crippen LogP contribution in [0.15, 0.2) is 12.4 Å². The van der Waals surface area contributed by atoms with Gasteiger partial charge in [-0.25, -0.2) is 9.97 Å². The normalized spacial score (nSPS) is 18.8. The molecule has 0 radical (unpaired) electrons. The first-order valence-corrected chi connectivity index (χ1v) is 8.65. The van der Waals surface area contributed by atoms with E-state index in [1.807, 2.05) is 11.9 Å². The van der Waals surface area contributed by atoms with Crippen molar-refractivity contribution >= 4 is 35.3 Å². The predicted molar refractivity (Wildman–Crippen MR) is 91.0 cm³/mol. The summed E-state index contributed by atoms with van der Waals surface area (Å²) in [5.41, 5.74) is 0. The number of nitrogens with zero attached hydrogens (tertiary/aromatic N) is 5. The van der Waals surface area contributed by atoms with Crippen LogP contribution in [0.3, 0.4) is 0 Å². The van der Waals surface area contributed by atoms with Crippen LogP contribution in [0, 0.1) is 0 Å². The minimum absolute atomic E-state index is 0.140. The Kier molecular flexibility index (Phi) is 5.17. The molecule has 0 aliphatic carbocycles. The first-order valence-electron chi connectivity index (χ1n) is 8.27. The number of anilines is 1. The minimum atomic E-state index is -0.257. The lowest BCUT2D eigenvalue weighted by atomic mass is 10.0. The van der Waals surface area contributed by atoms with E-state index in [4.69, 9.17) is 11.6 Å². The number of hydrogen-bond donors (Lipinski definition) is 0. The summed E-state index contributed by atoms with van der Waals surface area (Å²) < 4.78 is 0. The molecule has 1 aromatic heterocycles. The van der Waals surface area contributed by atoms with Crippen molar-refractivity contribution in [1.29, 1.82) is 0 Å². The number of aromatic nitrogens is 2.